The van der Waals surface area contributed by atoms with Gasteiger partial charge >= 0.3 is 6.18 Å². The Bertz CT molecular complexity index is 675. The highest BCUT2D eigenvalue weighted by Crippen LogP contribution is 2.31. The summed E-state index contributed by atoms with van der Waals surface area (Å²) in [5.74, 6) is -1.23. The fraction of sp³-hybridized carbons (Fsp3) is 0.188. The van der Waals surface area contributed by atoms with E-state index in [2.05, 4.69) is 0 Å². The Hall–Kier alpha value is -2.30. The molecule has 0 atom stereocenters. The SMILES string of the molecule is COc1cccc(-c2cccc(C(=O)C(F)(F)F)c2C)c1. The van der Waals surface area contributed by atoms with E-state index in [4.69, 9.17) is 4.74 Å². The molecular weight excluding hydrogens is 281 g/mol. The molecule has 0 saturated heterocycles. The van der Waals surface area contributed by atoms with Gasteiger partial charge in [-0.25, -0.2) is 0 Å². The summed E-state index contributed by atoms with van der Waals surface area (Å²) < 4.78 is 42.9. The first kappa shape index (κ1) is 15.1. The zero-order valence-electron chi connectivity index (χ0n) is 11.5. The molecule has 5 heteroatoms. The third kappa shape index (κ3) is 3.07. The Balaban J connectivity index is 2.54. The summed E-state index contributed by atoms with van der Waals surface area (Å²) in [5, 5.41) is 0. The number of benzene rings is 2. The smallest absolute Gasteiger partial charge is 0.454 e. The Labute approximate surface area is 120 Å². The van der Waals surface area contributed by atoms with E-state index >= 15 is 0 Å². The van der Waals surface area contributed by atoms with Crippen LogP contribution in [0.4, 0.5) is 13.2 Å². The molecule has 2 aromatic carbocycles. The van der Waals surface area contributed by atoms with Crippen molar-refractivity contribution in [2.75, 3.05) is 7.11 Å². The first-order chi connectivity index (χ1) is 9.84. The van der Waals surface area contributed by atoms with Crippen molar-refractivity contribution >= 4 is 5.78 Å². The van der Waals surface area contributed by atoms with Crippen molar-refractivity contribution in [3.8, 4) is 16.9 Å². The minimum absolute atomic E-state index is 0.299. The number of alkyl halides is 3. The largest absolute Gasteiger partial charge is 0.497 e. The molecule has 0 saturated carbocycles. The highest BCUT2D eigenvalue weighted by Gasteiger charge is 2.40. The van der Waals surface area contributed by atoms with E-state index < -0.39 is 12.0 Å². The molecule has 0 aliphatic heterocycles. The normalized spacial score (nSPS) is 11.3. The topological polar surface area (TPSA) is 26.3 Å². The van der Waals surface area contributed by atoms with Crippen molar-refractivity contribution < 1.29 is 22.7 Å². The number of carbonyl (C=O) groups is 1. The lowest BCUT2D eigenvalue weighted by Crippen LogP contribution is -2.23. The number of carbonyl (C=O) groups excluding carboxylic acids is 1. The summed E-state index contributed by atoms with van der Waals surface area (Å²) >= 11 is 0. The number of ether oxygens (including phenoxy) is 1. The van der Waals surface area contributed by atoms with Gasteiger partial charge in [0.2, 0.25) is 0 Å². The van der Waals surface area contributed by atoms with Gasteiger partial charge in [0.25, 0.3) is 5.78 Å². The Kier molecular flexibility index (Phi) is 4.02. The summed E-state index contributed by atoms with van der Waals surface area (Å²) in [6.45, 7) is 1.51. The lowest BCUT2D eigenvalue weighted by Gasteiger charge is -2.13. The van der Waals surface area contributed by atoms with Crippen LogP contribution in [-0.4, -0.2) is 19.1 Å². The first-order valence-corrected chi connectivity index (χ1v) is 6.20. The quantitative estimate of drug-likeness (QED) is 0.783. The van der Waals surface area contributed by atoms with Crippen molar-refractivity contribution in [2.24, 2.45) is 0 Å². The van der Waals surface area contributed by atoms with E-state index in [9.17, 15) is 18.0 Å². The molecule has 0 fully saturated rings. The second kappa shape index (κ2) is 5.60. The predicted octanol–water partition coefficient (Wildman–Crippen LogP) is 4.42. The molecule has 21 heavy (non-hydrogen) atoms. The maximum Gasteiger partial charge on any atom is 0.454 e. The average Bonchev–Trinajstić information content (AvgIpc) is 2.46. The van der Waals surface area contributed by atoms with Crippen LogP contribution in [0.15, 0.2) is 42.5 Å². The van der Waals surface area contributed by atoms with Crippen LogP contribution < -0.4 is 4.74 Å². The summed E-state index contributed by atoms with van der Waals surface area (Å²) in [5.41, 5.74) is 1.24. The van der Waals surface area contributed by atoms with Gasteiger partial charge in [0.1, 0.15) is 5.75 Å². The van der Waals surface area contributed by atoms with Gasteiger partial charge in [0.05, 0.1) is 7.11 Å². The minimum Gasteiger partial charge on any atom is -0.497 e. The van der Waals surface area contributed by atoms with Crippen molar-refractivity contribution in [1.29, 1.82) is 0 Å². The number of ketones is 1. The van der Waals surface area contributed by atoms with Gasteiger partial charge in [-0.05, 0) is 35.7 Å². The minimum atomic E-state index is -4.88. The first-order valence-electron chi connectivity index (χ1n) is 6.20. The Morgan fingerprint density at radius 1 is 1.10 bits per heavy atom. The number of methoxy groups -OCH3 is 1. The second-order valence-electron chi connectivity index (χ2n) is 4.54. The second-order valence-corrected chi connectivity index (χ2v) is 4.54. The van der Waals surface area contributed by atoms with Gasteiger partial charge in [-0.15, -0.1) is 0 Å². The number of Topliss-reactive ketones (excluding diaryl/α,β-unsaturated/α-hetero) is 1. The van der Waals surface area contributed by atoms with Crippen LogP contribution in [-0.2, 0) is 0 Å². The van der Waals surface area contributed by atoms with Crippen LogP contribution in [0.5, 0.6) is 5.75 Å². The highest BCUT2D eigenvalue weighted by molar-refractivity contribution is 6.02. The Morgan fingerprint density at radius 3 is 2.38 bits per heavy atom. The number of rotatable bonds is 3. The predicted molar refractivity (Wildman–Crippen MR) is 73.6 cm³/mol. The molecule has 0 aromatic heterocycles. The van der Waals surface area contributed by atoms with Crippen LogP contribution in [0, 0.1) is 6.92 Å². The van der Waals surface area contributed by atoms with Crippen molar-refractivity contribution in [1.82, 2.24) is 0 Å². The number of hydrogen-bond donors (Lipinski definition) is 0. The molecule has 0 heterocycles. The summed E-state index contributed by atoms with van der Waals surface area (Å²) in [7, 11) is 1.51. The molecule has 0 unspecified atom stereocenters. The van der Waals surface area contributed by atoms with Crippen LogP contribution >= 0.6 is 0 Å². The van der Waals surface area contributed by atoms with Gasteiger partial charge in [-0.1, -0.05) is 30.3 Å². The van der Waals surface area contributed by atoms with Crippen LogP contribution in [0.2, 0.25) is 0 Å². The molecule has 0 amide bonds. The maximum absolute atomic E-state index is 12.6. The fourth-order valence-corrected chi connectivity index (χ4v) is 2.14. The zero-order chi connectivity index (χ0) is 15.6. The lowest BCUT2D eigenvalue weighted by atomic mass is 9.94. The molecule has 2 aromatic rings. The van der Waals surface area contributed by atoms with Gasteiger partial charge < -0.3 is 4.74 Å². The monoisotopic (exact) mass is 294 g/mol. The van der Waals surface area contributed by atoms with Crippen molar-refractivity contribution in [3.05, 3.63) is 53.6 Å². The molecule has 0 bridgehead atoms. The summed E-state index contributed by atoms with van der Waals surface area (Å²) in [4.78, 5) is 11.4. The molecule has 2 rings (SSSR count). The average molecular weight is 294 g/mol. The van der Waals surface area contributed by atoms with E-state index in [1.807, 2.05) is 0 Å². The number of hydrogen-bond acceptors (Lipinski definition) is 2. The maximum atomic E-state index is 12.6. The molecular formula is C16H13F3O2. The molecule has 0 radical (unpaired) electrons. The summed E-state index contributed by atoms with van der Waals surface area (Å²) in [6, 6.07) is 11.3. The standard InChI is InChI=1S/C16H13F3O2/c1-10-13(11-5-3-6-12(9-11)21-2)7-4-8-14(10)15(20)16(17,18)19/h3-9H,1-2H3. The zero-order valence-corrected chi connectivity index (χ0v) is 11.5. The van der Waals surface area contributed by atoms with E-state index in [-0.39, 0.29) is 5.56 Å². The highest BCUT2D eigenvalue weighted by atomic mass is 19.4. The van der Waals surface area contributed by atoms with E-state index in [1.54, 1.807) is 30.3 Å². The number of halogens is 3. The van der Waals surface area contributed by atoms with Crippen LogP contribution in [0.3, 0.4) is 0 Å². The van der Waals surface area contributed by atoms with E-state index in [0.717, 1.165) is 0 Å². The summed E-state index contributed by atoms with van der Waals surface area (Å²) in [6.07, 6.45) is -4.88. The van der Waals surface area contributed by atoms with E-state index in [0.29, 0.717) is 22.4 Å². The molecule has 0 spiro atoms. The van der Waals surface area contributed by atoms with Crippen LogP contribution in [0.25, 0.3) is 11.1 Å². The Morgan fingerprint density at radius 2 is 1.76 bits per heavy atom. The van der Waals surface area contributed by atoms with Gasteiger partial charge in [0.15, 0.2) is 0 Å². The van der Waals surface area contributed by atoms with Gasteiger partial charge in [0, 0.05) is 5.56 Å². The van der Waals surface area contributed by atoms with Gasteiger partial charge in [-0.3, -0.25) is 4.79 Å². The fourth-order valence-electron chi connectivity index (χ4n) is 2.14. The molecule has 110 valence electrons. The molecule has 0 aliphatic carbocycles. The molecule has 0 N–H and O–H groups in total. The van der Waals surface area contributed by atoms with Crippen LogP contribution in [0.1, 0.15) is 15.9 Å². The third-order valence-electron chi connectivity index (χ3n) is 3.22. The van der Waals surface area contributed by atoms with E-state index in [1.165, 1.54) is 26.2 Å². The van der Waals surface area contributed by atoms with Crippen molar-refractivity contribution in [2.45, 2.75) is 13.1 Å². The molecule has 0 aliphatic rings. The van der Waals surface area contributed by atoms with Gasteiger partial charge in [-0.2, -0.15) is 13.2 Å². The lowest BCUT2D eigenvalue weighted by molar-refractivity contribution is -0.0885. The molecule has 2 nitrogen and oxygen atoms in total. The third-order valence-corrected chi connectivity index (χ3v) is 3.22. The van der Waals surface area contributed by atoms with Crippen molar-refractivity contribution in [3.63, 3.8) is 0 Å².